The van der Waals surface area contributed by atoms with Crippen molar-refractivity contribution < 1.29 is 9.53 Å². The third kappa shape index (κ3) is 1.78. The van der Waals surface area contributed by atoms with E-state index in [4.69, 9.17) is 0 Å². The molecule has 0 atom stereocenters. The summed E-state index contributed by atoms with van der Waals surface area (Å²) in [5, 5.41) is 3.15. The summed E-state index contributed by atoms with van der Waals surface area (Å²) in [6.45, 7) is 1.41. The van der Waals surface area contributed by atoms with E-state index in [-0.39, 0.29) is 5.56 Å². The number of aromatic nitrogens is 1. The molecule has 80 valence electrons. The van der Waals surface area contributed by atoms with Crippen molar-refractivity contribution in [3.63, 3.8) is 0 Å². The van der Waals surface area contributed by atoms with Gasteiger partial charge in [0.05, 0.1) is 12.7 Å². The molecule has 0 bridgehead atoms. The fourth-order valence-electron chi connectivity index (χ4n) is 1.78. The molecule has 1 aliphatic heterocycles. The topological polar surface area (TPSA) is 71.2 Å². The van der Waals surface area contributed by atoms with Gasteiger partial charge in [-0.25, -0.2) is 4.79 Å². The Morgan fingerprint density at radius 2 is 2.33 bits per heavy atom. The second-order valence-corrected chi connectivity index (χ2v) is 3.42. The van der Waals surface area contributed by atoms with Gasteiger partial charge in [0.1, 0.15) is 0 Å². The number of pyridine rings is 1. The Morgan fingerprint density at radius 3 is 3.07 bits per heavy atom. The number of methoxy groups -OCH3 is 1. The molecule has 15 heavy (non-hydrogen) atoms. The normalized spacial score (nSPS) is 14.5. The largest absolute Gasteiger partial charge is 0.465 e. The molecule has 2 heterocycles. The predicted octanol–water partition coefficient (Wildman–Crippen LogP) is -0.193. The van der Waals surface area contributed by atoms with E-state index in [0.717, 1.165) is 24.2 Å². The van der Waals surface area contributed by atoms with Gasteiger partial charge in [0.2, 0.25) is 5.56 Å². The number of esters is 1. The number of hydrogen-bond acceptors (Lipinski definition) is 4. The zero-order valence-electron chi connectivity index (χ0n) is 8.42. The fourth-order valence-corrected chi connectivity index (χ4v) is 1.78. The van der Waals surface area contributed by atoms with E-state index in [1.165, 1.54) is 13.2 Å². The lowest BCUT2D eigenvalue weighted by Crippen LogP contribution is -2.29. The molecule has 0 unspecified atom stereocenters. The van der Waals surface area contributed by atoms with Crippen molar-refractivity contribution in [3.05, 3.63) is 33.2 Å². The summed E-state index contributed by atoms with van der Waals surface area (Å²) >= 11 is 0. The van der Waals surface area contributed by atoms with Crippen LogP contribution in [0.25, 0.3) is 0 Å². The first kappa shape index (κ1) is 9.92. The quantitative estimate of drug-likeness (QED) is 0.627. The Balaban J connectivity index is 2.57. The van der Waals surface area contributed by atoms with Crippen LogP contribution in [0.15, 0.2) is 10.9 Å². The van der Waals surface area contributed by atoms with Gasteiger partial charge < -0.3 is 15.0 Å². The van der Waals surface area contributed by atoms with Crippen LogP contribution in [0.1, 0.15) is 21.6 Å². The van der Waals surface area contributed by atoms with Crippen molar-refractivity contribution in [2.45, 2.75) is 13.0 Å². The molecule has 0 saturated heterocycles. The standard InChI is InChI=1S/C10H12N2O3/c1-15-10(14)6-4-9(13)12-8-2-3-11-5-7(6)8/h4,11H,2-3,5H2,1H3,(H,12,13). The Bertz CT molecular complexity index is 450. The van der Waals surface area contributed by atoms with E-state index in [1.807, 2.05) is 0 Å². The maximum absolute atomic E-state index is 11.4. The molecule has 0 aromatic carbocycles. The molecule has 5 heteroatoms. The highest BCUT2D eigenvalue weighted by atomic mass is 16.5. The van der Waals surface area contributed by atoms with Gasteiger partial charge in [-0.1, -0.05) is 0 Å². The van der Waals surface area contributed by atoms with Crippen LogP contribution in [-0.4, -0.2) is 24.6 Å². The van der Waals surface area contributed by atoms with Crippen LogP contribution in [-0.2, 0) is 17.7 Å². The van der Waals surface area contributed by atoms with Crippen LogP contribution in [0.5, 0.6) is 0 Å². The van der Waals surface area contributed by atoms with Crippen LogP contribution < -0.4 is 10.9 Å². The SMILES string of the molecule is COC(=O)c1cc(=O)[nH]c2c1CNCC2. The fraction of sp³-hybridized carbons (Fsp3) is 0.400. The lowest BCUT2D eigenvalue weighted by Gasteiger charge is -2.18. The molecule has 1 aliphatic rings. The molecule has 2 rings (SSSR count). The summed E-state index contributed by atoms with van der Waals surface area (Å²) < 4.78 is 4.64. The number of H-pyrrole nitrogens is 1. The first-order chi connectivity index (χ1) is 7.22. The van der Waals surface area contributed by atoms with E-state index >= 15 is 0 Å². The summed E-state index contributed by atoms with van der Waals surface area (Å²) in [7, 11) is 1.31. The number of rotatable bonds is 1. The monoisotopic (exact) mass is 208 g/mol. The molecular formula is C10H12N2O3. The Hall–Kier alpha value is -1.62. The molecule has 0 amide bonds. The lowest BCUT2D eigenvalue weighted by atomic mass is 10.0. The summed E-state index contributed by atoms with van der Waals surface area (Å²) in [5.74, 6) is -0.457. The van der Waals surface area contributed by atoms with Crippen molar-refractivity contribution in [2.75, 3.05) is 13.7 Å². The number of fused-ring (bicyclic) bond motifs is 1. The van der Waals surface area contributed by atoms with E-state index in [0.29, 0.717) is 12.1 Å². The second-order valence-electron chi connectivity index (χ2n) is 3.42. The molecule has 1 aromatic heterocycles. The Kier molecular flexibility index (Phi) is 2.55. The van der Waals surface area contributed by atoms with E-state index in [9.17, 15) is 9.59 Å². The molecule has 0 saturated carbocycles. The number of aromatic amines is 1. The van der Waals surface area contributed by atoms with Gasteiger partial charge >= 0.3 is 5.97 Å². The van der Waals surface area contributed by atoms with Crippen LogP contribution in [0.2, 0.25) is 0 Å². The third-order valence-electron chi connectivity index (χ3n) is 2.50. The van der Waals surface area contributed by atoms with Crippen LogP contribution in [0.3, 0.4) is 0 Å². The third-order valence-corrected chi connectivity index (χ3v) is 2.50. The summed E-state index contributed by atoms with van der Waals surface area (Å²) in [6, 6.07) is 1.29. The van der Waals surface area contributed by atoms with Gasteiger partial charge in [-0.3, -0.25) is 4.79 Å². The maximum Gasteiger partial charge on any atom is 0.338 e. The van der Waals surface area contributed by atoms with E-state index in [1.54, 1.807) is 0 Å². The zero-order chi connectivity index (χ0) is 10.8. The lowest BCUT2D eigenvalue weighted by molar-refractivity contribution is 0.0598. The number of carbonyl (C=O) groups is 1. The average molecular weight is 208 g/mol. The van der Waals surface area contributed by atoms with Gasteiger partial charge in [-0.15, -0.1) is 0 Å². The predicted molar refractivity (Wildman–Crippen MR) is 53.8 cm³/mol. The summed E-state index contributed by atoms with van der Waals surface area (Å²) in [6.07, 6.45) is 0.732. The van der Waals surface area contributed by atoms with Crippen LogP contribution in [0, 0.1) is 0 Å². The van der Waals surface area contributed by atoms with Gasteiger partial charge in [0, 0.05) is 36.8 Å². The van der Waals surface area contributed by atoms with Gasteiger partial charge in [0.15, 0.2) is 0 Å². The average Bonchev–Trinajstić information content (AvgIpc) is 2.26. The number of carbonyl (C=O) groups excluding carboxylic acids is 1. The number of hydrogen-bond donors (Lipinski definition) is 2. The van der Waals surface area contributed by atoms with E-state index in [2.05, 4.69) is 15.0 Å². The van der Waals surface area contributed by atoms with Crippen molar-refractivity contribution in [1.82, 2.24) is 10.3 Å². The minimum atomic E-state index is -0.457. The molecule has 0 fully saturated rings. The van der Waals surface area contributed by atoms with Crippen LogP contribution >= 0.6 is 0 Å². The minimum Gasteiger partial charge on any atom is -0.465 e. The molecular weight excluding hydrogens is 196 g/mol. The van der Waals surface area contributed by atoms with Crippen molar-refractivity contribution >= 4 is 5.97 Å². The molecule has 2 N–H and O–H groups in total. The van der Waals surface area contributed by atoms with Gasteiger partial charge in [-0.2, -0.15) is 0 Å². The zero-order valence-corrected chi connectivity index (χ0v) is 8.42. The summed E-state index contributed by atoms with van der Waals surface area (Å²) in [5.41, 5.74) is 1.79. The smallest absolute Gasteiger partial charge is 0.338 e. The van der Waals surface area contributed by atoms with Crippen molar-refractivity contribution in [3.8, 4) is 0 Å². The van der Waals surface area contributed by atoms with Crippen molar-refractivity contribution in [1.29, 1.82) is 0 Å². The second kappa shape index (κ2) is 3.86. The van der Waals surface area contributed by atoms with Gasteiger partial charge in [-0.05, 0) is 0 Å². The molecule has 0 radical (unpaired) electrons. The Morgan fingerprint density at radius 1 is 1.53 bits per heavy atom. The molecule has 1 aromatic rings. The highest BCUT2D eigenvalue weighted by molar-refractivity contribution is 5.91. The molecule has 5 nitrogen and oxygen atoms in total. The number of ether oxygens (including phenoxy) is 1. The van der Waals surface area contributed by atoms with Gasteiger partial charge in [0.25, 0.3) is 0 Å². The molecule has 0 aliphatic carbocycles. The van der Waals surface area contributed by atoms with E-state index < -0.39 is 5.97 Å². The summed E-state index contributed by atoms with van der Waals surface area (Å²) in [4.78, 5) is 25.5. The van der Waals surface area contributed by atoms with Crippen molar-refractivity contribution in [2.24, 2.45) is 0 Å². The Labute approximate surface area is 86.5 Å². The van der Waals surface area contributed by atoms with Crippen LogP contribution in [0.4, 0.5) is 0 Å². The highest BCUT2D eigenvalue weighted by Crippen LogP contribution is 2.15. The first-order valence-corrected chi connectivity index (χ1v) is 4.76. The first-order valence-electron chi connectivity index (χ1n) is 4.76. The molecule has 0 spiro atoms. The highest BCUT2D eigenvalue weighted by Gasteiger charge is 2.19. The maximum atomic E-state index is 11.4. The minimum absolute atomic E-state index is 0.254. The number of nitrogens with one attached hydrogen (secondary N) is 2.